The van der Waals surface area contributed by atoms with Gasteiger partial charge in [-0.3, -0.25) is 14.6 Å². The van der Waals surface area contributed by atoms with E-state index in [1.807, 2.05) is 38.3 Å². The van der Waals surface area contributed by atoms with Crippen molar-refractivity contribution >= 4 is 17.6 Å². The topological polar surface area (TPSA) is 78.0 Å². The minimum atomic E-state index is -0.485. The Morgan fingerprint density at radius 1 is 1.31 bits per heavy atom. The van der Waals surface area contributed by atoms with E-state index in [4.69, 9.17) is 14.2 Å². The summed E-state index contributed by atoms with van der Waals surface area (Å²) in [4.78, 5) is 31.5. The lowest BCUT2D eigenvalue weighted by Crippen LogP contribution is -2.48. The highest BCUT2D eigenvalue weighted by atomic mass is 16.5. The SMILES string of the molecule is CCOC(=O)CC1OC(c2ccc(C)cn2)=C2C=C(OC)C=CC2C2CN(C)C(=O)CC12. The number of aromatic nitrogens is 1. The number of nitrogens with zero attached hydrogens (tertiary/aromatic N) is 2. The summed E-state index contributed by atoms with van der Waals surface area (Å²) in [5.41, 5.74) is 2.71. The maximum atomic E-state index is 12.6. The van der Waals surface area contributed by atoms with Gasteiger partial charge in [0.2, 0.25) is 5.91 Å². The van der Waals surface area contributed by atoms with E-state index in [0.29, 0.717) is 31.0 Å². The van der Waals surface area contributed by atoms with Gasteiger partial charge in [-0.1, -0.05) is 12.1 Å². The Morgan fingerprint density at radius 2 is 2.12 bits per heavy atom. The second kappa shape index (κ2) is 9.18. The first-order valence-corrected chi connectivity index (χ1v) is 11.1. The van der Waals surface area contributed by atoms with E-state index in [9.17, 15) is 9.59 Å². The Hall–Kier alpha value is -3.09. The van der Waals surface area contributed by atoms with Crippen molar-refractivity contribution in [3.8, 4) is 0 Å². The molecule has 0 spiro atoms. The number of ether oxygens (including phenoxy) is 3. The predicted molar refractivity (Wildman–Crippen MR) is 119 cm³/mol. The quantitative estimate of drug-likeness (QED) is 0.657. The Labute approximate surface area is 188 Å². The van der Waals surface area contributed by atoms with Crippen molar-refractivity contribution in [2.75, 3.05) is 27.3 Å². The van der Waals surface area contributed by atoms with E-state index >= 15 is 0 Å². The van der Waals surface area contributed by atoms with Gasteiger partial charge in [0.1, 0.15) is 23.3 Å². The maximum Gasteiger partial charge on any atom is 0.309 e. The van der Waals surface area contributed by atoms with E-state index in [2.05, 4.69) is 11.1 Å². The summed E-state index contributed by atoms with van der Waals surface area (Å²) in [7, 11) is 3.47. The van der Waals surface area contributed by atoms with Crippen LogP contribution in [-0.4, -0.2) is 55.2 Å². The molecule has 7 nitrogen and oxygen atoms in total. The molecule has 1 amide bonds. The molecular formula is C25H30N2O5. The molecule has 4 unspecified atom stereocenters. The summed E-state index contributed by atoms with van der Waals surface area (Å²) in [6.07, 6.45) is 7.82. The Bertz CT molecular complexity index is 979. The standard InChI is InChI=1S/C25H30N2O5/c1-5-31-24(29)12-22-18-11-23(28)27(3)14-20(18)17-8-7-16(30-4)10-19(17)25(32-22)21-9-6-15(2)13-26-21/h6-10,13,17-18,20,22H,5,11-12,14H2,1-4H3. The molecule has 2 aliphatic heterocycles. The largest absolute Gasteiger partial charge is 0.497 e. The normalized spacial score (nSPS) is 27.1. The lowest BCUT2D eigenvalue weighted by molar-refractivity contribution is -0.149. The minimum Gasteiger partial charge on any atom is -0.497 e. The number of hydrogen-bond acceptors (Lipinski definition) is 6. The van der Waals surface area contributed by atoms with Crippen LogP contribution >= 0.6 is 0 Å². The summed E-state index contributed by atoms with van der Waals surface area (Å²) in [5.74, 6) is 1.10. The third-order valence-corrected chi connectivity index (χ3v) is 6.52. The first kappa shape index (κ1) is 22.1. The van der Waals surface area contributed by atoms with Crippen molar-refractivity contribution in [1.82, 2.24) is 9.88 Å². The summed E-state index contributed by atoms with van der Waals surface area (Å²) in [6.45, 7) is 4.67. The van der Waals surface area contributed by atoms with E-state index < -0.39 is 6.10 Å². The molecule has 0 radical (unpaired) electrons. The fourth-order valence-electron chi connectivity index (χ4n) is 4.86. The number of piperidine rings is 1. The van der Waals surface area contributed by atoms with Gasteiger partial charge in [-0.25, -0.2) is 0 Å². The molecule has 0 bridgehead atoms. The molecule has 1 aliphatic carbocycles. The average Bonchev–Trinajstić information content (AvgIpc) is 2.90. The van der Waals surface area contributed by atoms with Crippen molar-refractivity contribution < 1.29 is 23.8 Å². The Balaban J connectivity index is 1.84. The van der Waals surface area contributed by atoms with Crippen LogP contribution in [0.5, 0.6) is 0 Å². The zero-order valence-electron chi connectivity index (χ0n) is 19.0. The van der Waals surface area contributed by atoms with Gasteiger partial charge in [-0.2, -0.15) is 0 Å². The highest BCUT2D eigenvalue weighted by molar-refractivity contribution is 5.78. The minimum absolute atomic E-state index is 0.0137. The van der Waals surface area contributed by atoms with Crippen LogP contribution in [0, 0.1) is 24.7 Å². The zero-order chi connectivity index (χ0) is 22.8. The lowest BCUT2D eigenvalue weighted by atomic mass is 9.70. The number of methoxy groups -OCH3 is 1. The average molecular weight is 439 g/mol. The molecule has 1 aromatic rings. The first-order valence-electron chi connectivity index (χ1n) is 11.1. The third kappa shape index (κ3) is 4.29. The first-order chi connectivity index (χ1) is 15.4. The molecule has 4 rings (SSSR count). The second-order valence-corrected chi connectivity index (χ2v) is 8.61. The van der Waals surface area contributed by atoms with Gasteiger partial charge >= 0.3 is 5.97 Å². The summed E-state index contributed by atoms with van der Waals surface area (Å²) in [6, 6.07) is 3.92. The number of aryl methyl sites for hydroxylation is 1. The van der Waals surface area contributed by atoms with Crippen LogP contribution in [0.1, 0.15) is 31.0 Å². The summed E-state index contributed by atoms with van der Waals surface area (Å²) < 4.78 is 17.3. The van der Waals surface area contributed by atoms with Crippen LogP contribution in [-0.2, 0) is 23.8 Å². The summed E-state index contributed by atoms with van der Waals surface area (Å²) >= 11 is 0. The molecule has 32 heavy (non-hydrogen) atoms. The van der Waals surface area contributed by atoms with Crippen LogP contribution in [0.2, 0.25) is 0 Å². The van der Waals surface area contributed by atoms with Crippen molar-refractivity contribution in [3.05, 3.63) is 59.1 Å². The highest BCUT2D eigenvalue weighted by Gasteiger charge is 2.47. The Morgan fingerprint density at radius 3 is 2.81 bits per heavy atom. The number of esters is 1. The number of fused-ring (bicyclic) bond motifs is 3. The van der Waals surface area contributed by atoms with Crippen LogP contribution in [0.15, 0.2) is 47.9 Å². The van der Waals surface area contributed by atoms with Gasteiger partial charge in [0, 0.05) is 43.6 Å². The highest BCUT2D eigenvalue weighted by Crippen LogP contribution is 2.46. The molecule has 4 atom stereocenters. The summed E-state index contributed by atoms with van der Waals surface area (Å²) in [5, 5.41) is 0. The van der Waals surface area contributed by atoms with E-state index in [1.165, 1.54) is 0 Å². The van der Waals surface area contributed by atoms with Crippen LogP contribution < -0.4 is 0 Å². The second-order valence-electron chi connectivity index (χ2n) is 8.61. The number of likely N-dealkylation sites (tertiary alicyclic amines) is 1. The van der Waals surface area contributed by atoms with Gasteiger partial charge in [-0.05, 0) is 43.5 Å². The lowest BCUT2D eigenvalue weighted by Gasteiger charge is -2.41. The van der Waals surface area contributed by atoms with E-state index in [0.717, 1.165) is 16.9 Å². The molecule has 0 saturated carbocycles. The maximum absolute atomic E-state index is 12.6. The molecule has 3 aliphatic rings. The number of rotatable bonds is 5. The van der Waals surface area contributed by atoms with Crippen molar-refractivity contribution in [2.45, 2.75) is 32.8 Å². The number of pyridine rings is 1. The van der Waals surface area contributed by atoms with Crippen molar-refractivity contribution in [1.29, 1.82) is 0 Å². The molecule has 1 fully saturated rings. The fraction of sp³-hybridized carbons (Fsp3) is 0.480. The zero-order valence-corrected chi connectivity index (χ0v) is 19.0. The van der Waals surface area contributed by atoms with Gasteiger partial charge in [0.15, 0.2) is 0 Å². The third-order valence-electron chi connectivity index (χ3n) is 6.52. The fourth-order valence-corrected chi connectivity index (χ4v) is 4.86. The number of hydrogen-bond donors (Lipinski definition) is 0. The molecule has 7 heteroatoms. The molecular weight excluding hydrogens is 408 g/mol. The molecule has 0 N–H and O–H groups in total. The van der Waals surface area contributed by atoms with Crippen molar-refractivity contribution in [2.24, 2.45) is 17.8 Å². The number of allylic oxidation sites excluding steroid dienone is 4. The number of amides is 1. The van der Waals surface area contributed by atoms with Crippen LogP contribution in [0.25, 0.3) is 5.76 Å². The molecule has 1 saturated heterocycles. The van der Waals surface area contributed by atoms with Gasteiger partial charge < -0.3 is 19.1 Å². The number of carbonyl (C=O) groups is 2. The van der Waals surface area contributed by atoms with Gasteiger partial charge in [-0.15, -0.1) is 0 Å². The van der Waals surface area contributed by atoms with Crippen molar-refractivity contribution in [3.63, 3.8) is 0 Å². The predicted octanol–water partition coefficient (Wildman–Crippen LogP) is 3.26. The van der Waals surface area contributed by atoms with E-state index in [1.54, 1.807) is 25.1 Å². The molecule has 170 valence electrons. The van der Waals surface area contributed by atoms with Crippen LogP contribution in [0.4, 0.5) is 0 Å². The van der Waals surface area contributed by atoms with E-state index in [-0.39, 0.29) is 36.1 Å². The van der Waals surface area contributed by atoms with Gasteiger partial charge in [0.05, 0.1) is 20.1 Å². The monoisotopic (exact) mass is 438 g/mol. The smallest absolute Gasteiger partial charge is 0.309 e. The molecule has 1 aromatic heterocycles. The Kier molecular flexibility index (Phi) is 6.35. The molecule has 3 heterocycles. The van der Waals surface area contributed by atoms with Crippen LogP contribution in [0.3, 0.4) is 0 Å². The number of carbonyl (C=O) groups excluding carboxylic acids is 2. The van der Waals surface area contributed by atoms with Gasteiger partial charge in [0.25, 0.3) is 0 Å². The molecule has 0 aromatic carbocycles.